The van der Waals surface area contributed by atoms with E-state index in [4.69, 9.17) is 10.5 Å². The molecule has 8 nitrogen and oxygen atoms in total. The molecular weight excluding hydrogens is 310 g/mol. The number of carbonyl (C=O) groups is 3. The fraction of sp³-hybridized carbons (Fsp3) is 0.615. The number of thioether (sulfide) groups is 1. The monoisotopic (exact) mass is 329 g/mol. The highest BCUT2D eigenvalue weighted by Crippen LogP contribution is 2.45. The van der Waals surface area contributed by atoms with Crippen LogP contribution in [0.25, 0.3) is 0 Å². The molecule has 9 heteroatoms. The van der Waals surface area contributed by atoms with Gasteiger partial charge in [-0.05, 0) is 14.1 Å². The third-order valence-electron chi connectivity index (χ3n) is 3.51. The molecule has 1 amide bonds. The van der Waals surface area contributed by atoms with Crippen LogP contribution in [0.5, 0.6) is 0 Å². The van der Waals surface area contributed by atoms with Crippen LogP contribution in [0.15, 0.2) is 11.3 Å². The first kappa shape index (κ1) is 16.8. The summed E-state index contributed by atoms with van der Waals surface area (Å²) in [6, 6.07) is 0. The highest BCUT2D eigenvalue weighted by atomic mass is 32.2. The maximum Gasteiger partial charge on any atom is 0.352 e. The second kappa shape index (κ2) is 5.90. The summed E-state index contributed by atoms with van der Waals surface area (Å²) < 4.78 is 4.87. The van der Waals surface area contributed by atoms with Gasteiger partial charge >= 0.3 is 11.9 Å². The normalized spacial score (nSPS) is 27.6. The number of ether oxygens (including phenoxy) is 1. The van der Waals surface area contributed by atoms with Crippen LogP contribution in [0.3, 0.4) is 0 Å². The van der Waals surface area contributed by atoms with Crippen molar-refractivity contribution in [3.63, 3.8) is 0 Å². The summed E-state index contributed by atoms with van der Waals surface area (Å²) in [5, 5.41) is 8.99. The number of rotatable bonds is 5. The van der Waals surface area contributed by atoms with Gasteiger partial charge in [0.05, 0.1) is 0 Å². The molecule has 2 heterocycles. The van der Waals surface area contributed by atoms with E-state index in [1.807, 2.05) is 0 Å². The van der Waals surface area contributed by atoms with Gasteiger partial charge < -0.3 is 20.5 Å². The summed E-state index contributed by atoms with van der Waals surface area (Å²) in [5.74, 6) is -1.78. The summed E-state index contributed by atoms with van der Waals surface area (Å²) in [5.41, 5.74) is 5.37. The maximum absolute atomic E-state index is 12.4. The van der Waals surface area contributed by atoms with Crippen molar-refractivity contribution in [2.75, 3.05) is 33.0 Å². The zero-order chi connectivity index (χ0) is 16.7. The van der Waals surface area contributed by atoms with E-state index in [1.165, 1.54) is 23.6 Å². The highest BCUT2D eigenvalue weighted by Gasteiger charge is 2.62. The number of fused-ring (bicyclic) bond motifs is 1. The number of nitrogens with zero attached hydrogens (tertiary/aromatic N) is 2. The number of aliphatic carboxylic acids is 1. The Morgan fingerprint density at radius 2 is 2.18 bits per heavy atom. The molecule has 2 aliphatic heterocycles. The van der Waals surface area contributed by atoms with Crippen molar-refractivity contribution < 1.29 is 24.2 Å². The number of amides is 1. The Hall–Kier alpha value is -1.58. The first-order valence-electron chi connectivity index (χ1n) is 6.66. The molecule has 22 heavy (non-hydrogen) atoms. The molecule has 0 aromatic rings. The summed E-state index contributed by atoms with van der Waals surface area (Å²) in [6.45, 7) is 1.45. The van der Waals surface area contributed by atoms with Crippen molar-refractivity contribution in [1.82, 2.24) is 9.80 Å². The summed E-state index contributed by atoms with van der Waals surface area (Å²) in [4.78, 5) is 37.8. The Bertz CT molecular complexity index is 562. The number of carboxylic acid groups (broad SMARTS) is 1. The Kier molecular flexibility index (Phi) is 4.50. The molecule has 0 radical (unpaired) electrons. The molecular formula is C13H19N3O5S. The zero-order valence-corrected chi connectivity index (χ0v) is 13.5. The molecule has 1 fully saturated rings. The maximum atomic E-state index is 12.4. The van der Waals surface area contributed by atoms with Gasteiger partial charge in [0, 0.05) is 24.8 Å². The fourth-order valence-electron chi connectivity index (χ4n) is 2.68. The van der Waals surface area contributed by atoms with Crippen molar-refractivity contribution in [2.45, 2.75) is 17.8 Å². The van der Waals surface area contributed by atoms with Crippen molar-refractivity contribution in [3.8, 4) is 0 Å². The van der Waals surface area contributed by atoms with Gasteiger partial charge in [0.2, 0.25) is 0 Å². The van der Waals surface area contributed by atoms with E-state index in [0.717, 1.165) is 0 Å². The van der Waals surface area contributed by atoms with E-state index in [2.05, 4.69) is 0 Å². The largest absolute Gasteiger partial charge is 0.477 e. The van der Waals surface area contributed by atoms with Crippen molar-refractivity contribution in [3.05, 3.63) is 11.3 Å². The number of β-lactam (4-membered cyclic amide) rings is 1. The number of hydrogen-bond donors (Lipinski definition) is 2. The van der Waals surface area contributed by atoms with Gasteiger partial charge in [0.15, 0.2) is 0 Å². The molecule has 2 atom stereocenters. The lowest BCUT2D eigenvalue weighted by atomic mass is 9.87. The Balaban J connectivity index is 2.28. The molecule has 2 aliphatic rings. The van der Waals surface area contributed by atoms with Crippen molar-refractivity contribution in [2.24, 2.45) is 5.73 Å². The van der Waals surface area contributed by atoms with Gasteiger partial charge in [-0.1, -0.05) is 0 Å². The third kappa shape index (κ3) is 2.71. The molecule has 0 spiro atoms. The van der Waals surface area contributed by atoms with Gasteiger partial charge in [0.25, 0.3) is 5.91 Å². The van der Waals surface area contributed by atoms with Crippen LogP contribution in [0.2, 0.25) is 0 Å². The minimum atomic E-state index is -1.22. The molecule has 0 aromatic heterocycles. The molecule has 0 bridgehead atoms. The fourth-order valence-corrected chi connectivity index (χ4v) is 4.08. The van der Waals surface area contributed by atoms with E-state index in [1.54, 1.807) is 19.0 Å². The predicted octanol–water partition coefficient (Wildman–Crippen LogP) is -0.938. The number of esters is 1. The summed E-state index contributed by atoms with van der Waals surface area (Å²) in [7, 11) is 3.61. The van der Waals surface area contributed by atoms with E-state index < -0.39 is 28.8 Å². The topological polar surface area (TPSA) is 113 Å². The quantitative estimate of drug-likeness (QED) is 0.491. The number of nitrogens with two attached hydrogens (primary N) is 1. The molecule has 2 rings (SSSR count). The third-order valence-corrected chi connectivity index (χ3v) is 4.98. The lowest BCUT2D eigenvalue weighted by Gasteiger charge is -2.56. The Morgan fingerprint density at radius 3 is 2.68 bits per heavy atom. The van der Waals surface area contributed by atoms with Crippen molar-refractivity contribution >= 4 is 29.6 Å². The summed E-state index contributed by atoms with van der Waals surface area (Å²) in [6.07, 6.45) is 0. The van der Waals surface area contributed by atoms with Crippen LogP contribution in [-0.2, 0) is 19.1 Å². The Labute approximate surface area is 132 Å². The van der Waals surface area contributed by atoms with Crippen LogP contribution in [0, 0.1) is 0 Å². The molecule has 0 aliphatic carbocycles. The first-order chi connectivity index (χ1) is 10.2. The zero-order valence-electron chi connectivity index (χ0n) is 12.7. The second-order valence-electron chi connectivity index (χ2n) is 5.65. The lowest BCUT2D eigenvalue weighted by Crippen LogP contribution is -2.80. The molecule has 122 valence electrons. The second-order valence-corrected chi connectivity index (χ2v) is 6.72. The average molecular weight is 329 g/mol. The van der Waals surface area contributed by atoms with Gasteiger partial charge in [-0.3, -0.25) is 14.5 Å². The van der Waals surface area contributed by atoms with E-state index in [0.29, 0.717) is 17.9 Å². The first-order valence-corrected chi connectivity index (χ1v) is 7.71. The predicted molar refractivity (Wildman–Crippen MR) is 79.9 cm³/mol. The number of carboxylic acids is 1. The minimum Gasteiger partial charge on any atom is -0.477 e. The Morgan fingerprint density at radius 1 is 1.55 bits per heavy atom. The molecule has 1 saturated heterocycles. The van der Waals surface area contributed by atoms with Crippen LogP contribution in [0.4, 0.5) is 0 Å². The van der Waals surface area contributed by atoms with Gasteiger partial charge in [-0.25, -0.2) is 4.79 Å². The van der Waals surface area contributed by atoms with Crippen LogP contribution in [-0.4, -0.2) is 76.7 Å². The van der Waals surface area contributed by atoms with Gasteiger partial charge in [0.1, 0.15) is 23.2 Å². The molecule has 0 aromatic carbocycles. The average Bonchev–Trinajstić information content (AvgIpc) is 2.42. The van der Waals surface area contributed by atoms with Crippen LogP contribution in [0.1, 0.15) is 6.92 Å². The van der Waals surface area contributed by atoms with Gasteiger partial charge in [-0.2, -0.15) is 0 Å². The summed E-state index contributed by atoms with van der Waals surface area (Å²) >= 11 is 1.39. The smallest absolute Gasteiger partial charge is 0.352 e. The standard InChI is InChI=1S/C13H19N3O5S/c1-7(17)21-4-8-5-22-12-13(14,6-15(2)3)11(20)16(12)9(8)10(18)19/h12H,4-6,14H2,1-3H3,(H,18,19)/t12-,13?/m1/s1. The highest BCUT2D eigenvalue weighted by molar-refractivity contribution is 8.00. The molecule has 3 N–H and O–H groups in total. The number of hydrogen-bond acceptors (Lipinski definition) is 7. The SMILES string of the molecule is CC(=O)OCC1=C(C(=O)O)N2C(=O)C(N)(CN(C)C)[C@H]2SC1. The van der Waals surface area contributed by atoms with Crippen LogP contribution < -0.4 is 5.73 Å². The van der Waals surface area contributed by atoms with E-state index in [9.17, 15) is 19.5 Å². The minimum absolute atomic E-state index is 0.116. The van der Waals surface area contributed by atoms with E-state index in [-0.39, 0.29) is 12.3 Å². The van der Waals surface area contributed by atoms with Gasteiger partial charge in [-0.15, -0.1) is 11.8 Å². The molecule has 1 unspecified atom stereocenters. The number of carbonyl (C=O) groups excluding carboxylic acids is 2. The lowest BCUT2D eigenvalue weighted by molar-refractivity contribution is -0.155. The van der Waals surface area contributed by atoms with Crippen LogP contribution >= 0.6 is 11.8 Å². The number of likely N-dealkylation sites (N-methyl/N-ethyl adjacent to an activating group) is 1. The van der Waals surface area contributed by atoms with Crippen molar-refractivity contribution in [1.29, 1.82) is 0 Å². The van der Waals surface area contributed by atoms with E-state index >= 15 is 0 Å². The molecule has 0 saturated carbocycles.